The van der Waals surface area contributed by atoms with Crippen LogP contribution in [-0.2, 0) is 9.53 Å². The molecule has 0 saturated heterocycles. The summed E-state index contributed by atoms with van der Waals surface area (Å²) in [5, 5.41) is 0. The van der Waals surface area contributed by atoms with Crippen LogP contribution in [0.5, 0.6) is 0 Å². The summed E-state index contributed by atoms with van der Waals surface area (Å²) in [5.41, 5.74) is 0. The molecule has 1 aliphatic carbocycles. The molecule has 1 aliphatic rings. The lowest BCUT2D eigenvalue weighted by molar-refractivity contribution is -0.146. The molecule has 0 radical (unpaired) electrons. The van der Waals surface area contributed by atoms with Crippen LogP contribution in [0.25, 0.3) is 0 Å². The highest BCUT2D eigenvalue weighted by Gasteiger charge is 2.32. The Morgan fingerprint density at radius 3 is 2.82 bits per heavy atom. The number of hydrogen-bond acceptors (Lipinski definition) is 2. The van der Waals surface area contributed by atoms with Crippen LogP contribution < -0.4 is 0 Å². The summed E-state index contributed by atoms with van der Waals surface area (Å²) < 4.78 is 4.73. The van der Waals surface area contributed by atoms with Crippen LogP contribution in [0, 0.1) is 11.8 Å². The van der Waals surface area contributed by atoms with E-state index in [0.717, 1.165) is 12.8 Å². The van der Waals surface area contributed by atoms with Gasteiger partial charge in [0.15, 0.2) is 0 Å². The van der Waals surface area contributed by atoms with Gasteiger partial charge in [0.05, 0.1) is 13.0 Å². The summed E-state index contributed by atoms with van der Waals surface area (Å²) in [6.45, 7) is 2.14. The van der Waals surface area contributed by atoms with Crippen LogP contribution in [0.3, 0.4) is 0 Å². The second kappa shape index (κ2) is 3.74. The predicted octanol–water partition coefficient (Wildman–Crippen LogP) is 1.99. The van der Waals surface area contributed by atoms with Gasteiger partial charge in [-0.05, 0) is 18.8 Å². The van der Waals surface area contributed by atoms with E-state index in [2.05, 4.69) is 6.92 Å². The third-order valence-corrected chi connectivity index (χ3v) is 2.69. The molecular weight excluding hydrogens is 140 g/mol. The van der Waals surface area contributed by atoms with Gasteiger partial charge in [-0.2, -0.15) is 0 Å². The Kier molecular flexibility index (Phi) is 2.92. The minimum atomic E-state index is -0.00523. The fraction of sp³-hybridized carbons (Fsp3) is 0.889. The van der Waals surface area contributed by atoms with Crippen molar-refractivity contribution in [1.29, 1.82) is 0 Å². The number of rotatable bonds is 2. The van der Waals surface area contributed by atoms with Gasteiger partial charge in [-0.1, -0.05) is 19.8 Å². The van der Waals surface area contributed by atoms with E-state index in [4.69, 9.17) is 4.74 Å². The van der Waals surface area contributed by atoms with Crippen molar-refractivity contribution in [2.24, 2.45) is 11.8 Å². The van der Waals surface area contributed by atoms with E-state index in [9.17, 15) is 4.79 Å². The SMILES string of the molecule is CC[C@@H]1CCC[C@H]1C(=O)OC. The quantitative estimate of drug-likeness (QED) is 0.571. The molecule has 2 atom stereocenters. The second-order valence-electron chi connectivity index (χ2n) is 3.23. The van der Waals surface area contributed by atoms with E-state index in [-0.39, 0.29) is 11.9 Å². The van der Waals surface area contributed by atoms with E-state index < -0.39 is 0 Å². The highest BCUT2D eigenvalue weighted by atomic mass is 16.5. The summed E-state index contributed by atoms with van der Waals surface area (Å²) in [5.74, 6) is 0.779. The van der Waals surface area contributed by atoms with Crippen LogP contribution in [0.4, 0.5) is 0 Å². The number of carbonyl (C=O) groups excluding carboxylic acids is 1. The maximum absolute atomic E-state index is 11.2. The van der Waals surface area contributed by atoms with Crippen LogP contribution >= 0.6 is 0 Å². The Bertz CT molecular complexity index is 142. The molecule has 11 heavy (non-hydrogen) atoms. The van der Waals surface area contributed by atoms with Crippen molar-refractivity contribution < 1.29 is 9.53 Å². The number of ether oxygens (including phenoxy) is 1. The van der Waals surface area contributed by atoms with E-state index in [1.807, 2.05) is 0 Å². The maximum Gasteiger partial charge on any atom is 0.308 e. The van der Waals surface area contributed by atoms with E-state index in [0.29, 0.717) is 5.92 Å². The molecule has 1 saturated carbocycles. The lowest BCUT2D eigenvalue weighted by atomic mass is 9.94. The van der Waals surface area contributed by atoms with Crippen molar-refractivity contribution in [1.82, 2.24) is 0 Å². The highest BCUT2D eigenvalue weighted by molar-refractivity contribution is 5.72. The minimum absolute atomic E-state index is 0.00523. The first-order valence-corrected chi connectivity index (χ1v) is 4.37. The highest BCUT2D eigenvalue weighted by Crippen LogP contribution is 2.34. The molecule has 0 unspecified atom stereocenters. The topological polar surface area (TPSA) is 26.3 Å². The van der Waals surface area contributed by atoms with Gasteiger partial charge in [-0.3, -0.25) is 4.79 Å². The molecule has 0 N–H and O–H groups in total. The van der Waals surface area contributed by atoms with Crippen molar-refractivity contribution >= 4 is 5.97 Å². The third kappa shape index (κ3) is 1.73. The Hall–Kier alpha value is -0.530. The largest absolute Gasteiger partial charge is 0.469 e. The molecule has 0 aliphatic heterocycles. The fourth-order valence-electron chi connectivity index (χ4n) is 1.99. The molecule has 2 nitrogen and oxygen atoms in total. The van der Waals surface area contributed by atoms with Gasteiger partial charge >= 0.3 is 5.97 Å². The van der Waals surface area contributed by atoms with Crippen LogP contribution in [-0.4, -0.2) is 13.1 Å². The molecule has 64 valence electrons. The summed E-state index contributed by atoms with van der Waals surface area (Å²) in [4.78, 5) is 11.2. The first-order chi connectivity index (χ1) is 5.29. The standard InChI is InChI=1S/C9H16O2/c1-3-7-5-4-6-8(7)9(10)11-2/h7-8H,3-6H2,1-2H3/t7-,8-/m1/s1. The molecule has 0 bridgehead atoms. The maximum atomic E-state index is 11.2. The molecule has 0 aromatic rings. The number of methoxy groups -OCH3 is 1. The summed E-state index contributed by atoms with van der Waals surface area (Å²) in [6.07, 6.45) is 4.54. The van der Waals surface area contributed by atoms with Crippen molar-refractivity contribution in [3.05, 3.63) is 0 Å². The lowest BCUT2D eigenvalue weighted by Gasteiger charge is -2.14. The lowest BCUT2D eigenvalue weighted by Crippen LogP contribution is -2.19. The number of esters is 1. The van der Waals surface area contributed by atoms with Gasteiger partial charge in [0, 0.05) is 0 Å². The molecule has 0 aromatic carbocycles. The van der Waals surface area contributed by atoms with Gasteiger partial charge in [0.1, 0.15) is 0 Å². The Morgan fingerprint density at radius 1 is 1.55 bits per heavy atom. The molecule has 0 heterocycles. The van der Waals surface area contributed by atoms with Gasteiger partial charge in [0.25, 0.3) is 0 Å². The monoisotopic (exact) mass is 156 g/mol. The van der Waals surface area contributed by atoms with Gasteiger partial charge in [-0.25, -0.2) is 0 Å². The molecule has 2 heteroatoms. The van der Waals surface area contributed by atoms with E-state index in [1.165, 1.54) is 20.0 Å². The molecule has 0 amide bonds. The first-order valence-electron chi connectivity index (χ1n) is 4.37. The van der Waals surface area contributed by atoms with E-state index in [1.54, 1.807) is 0 Å². The van der Waals surface area contributed by atoms with Crippen LogP contribution in [0.1, 0.15) is 32.6 Å². The Labute approximate surface area is 67.9 Å². The zero-order valence-electron chi connectivity index (χ0n) is 7.30. The zero-order chi connectivity index (χ0) is 8.27. The van der Waals surface area contributed by atoms with Crippen LogP contribution in [0.15, 0.2) is 0 Å². The Morgan fingerprint density at radius 2 is 2.27 bits per heavy atom. The average molecular weight is 156 g/mol. The number of hydrogen-bond donors (Lipinski definition) is 0. The van der Waals surface area contributed by atoms with Crippen molar-refractivity contribution in [2.75, 3.05) is 7.11 Å². The normalized spacial score (nSPS) is 30.4. The van der Waals surface area contributed by atoms with E-state index >= 15 is 0 Å². The number of carbonyl (C=O) groups is 1. The molecule has 0 spiro atoms. The zero-order valence-corrected chi connectivity index (χ0v) is 7.30. The minimum Gasteiger partial charge on any atom is -0.469 e. The molecule has 1 fully saturated rings. The summed E-state index contributed by atoms with van der Waals surface area (Å²) >= 11 is 0. The first kappa shape index (κ1) is 8.57. The predicted molar refractivity (Wildman–Crippen MR) is 43.1 cm³/mol. The van der Waals surface area contributed by atoms with Gasteiger partial charge in [-0.15, -0.1) is 0 Å². The van der Waals surface area contributed by atoms with Gasteiger partial charge in [0.2, 0.25) is 0 Å². The second-order valence-corrected chi connectivity index (χ2v) is 3.23. The Balaban J connectivity index is 2.49. The van der Waals surface area contributed by atoms with Crippen molar-refractivity contribution in [3.63, 3.8) is 0 Å². The summed E-state index contributed by atoms with van der Waals surface area (Å²) in [6, 6.07) is 0. The third-order valence-electron chi connectivity index (χ3n) is 2.69. The summed E-state index contributed by atoms with van der Waals surface area (Å²) in [7, 11) is 1.48. The van der Waals surface area contributed by atoms with Crippen LogP contribution in [0.2, 0.25) is 0 Å². The smallest absolute Gasteiger partial charge is 0.308 e. The fourth-order valence-corrected chi connectivity index (χ4v) is 1.99. The van der Waals surface area contributed by atoms with Gasteiger partial charge < -0.3 is 4.74 Å². The van der Waals surface area contributed by atoms with Crippen molar-refractivity contribution in [2.45, 2.75) is 32.6 Å². The average Bonchev–Trinajstić information content (AvgIpc) is 2.50. The van der Waals surface area contributed by atoms with Crippen molar-refractivity contribution in [3.8, 4) is 0 Å². The molecule has 0 aromatic heterocycles. The molecular formula is C9H16O2. The molecule has 1 rings (SSSR count).